The molecule has 1 aliphatic carbocycles. The summed E-state index contributed by atoms with van der Waals surface area (Å²) in [5.74, 6) is -0.808. The van der Waals surface area contributed by atoms with Crippen molar-refractivity contribution in [3.8, 4) is 11.1 Å². The summed E-state index contributed by atoms with van der Waals surface area (Å²) >= 11 is 0. The van der Waals surface area contributed by atoms with E-state index < -0.39 is 10.9 Å². The number of ketones is 1. The Morgan fingerprint density at radius 3 is 2.29 bits per heavy atom. The molecule has 2 aromatic carbocycles. The molecule has 0 atom stereocenters. The molecule has 0 aromatic heterocycles. The van der Waals surface area contributed by atoms with E-state index >= 15 is 0 Å². The molecule has 3 rings (SSSR count). The van der Waals surface area contributed by atoms with Gasteiger partial charge in [-0.15, -0.1) is 0 Å². The van der Waals surface area contributed by atoms with Crippen molar-refractivity contribution in [1.82, 2.24) is 0 Å². The molecule has 0 amide bonds. The fourth-order valence-corrected chi connectivity index (χ4v) is 2.59. The second kappa shape index (κ2) is 5.69. The summed E-state index contributed by atoms with van der Waals surface area (Å²) in [5, 5.41) is 14.6. The zero-order chi connectivity index (χ0) is 17.4. The van der Waals surface area contributed by atoms with Crippen LogP contribution in [0.3, 0.4) is 0 Å². The van der Waals surface area contributed by atoms with Gasteiger partial charge in [-0.05, 0) is 35.7 Å². The first-order chi connectivity index (χ1) is 11.4. The zero-order valence-corrected chi connectivity index (χ0v) is 12.9. The SMILES string of the molecule is CC(=O)ON=C(C)c1ccc2c(c1)C(=O)c1cc([N+](=O)[O-])ccc1-2. The number of carbonyl (C=O) groups is 2. The topological polar surface area (TPSA) is 98.9 Å². The molecule has 1 aliphatic rings. The number of oxime groups is 1. The Bertz CT molecular complexity index is 931. The summed E-state index contributed by atoms with van der Waals surface area (Å²) in [7, 11) is 0. The molecule has 120 valence electrons. The monoisotopic (exact) mass is 324 g/mol. The normalized spacial score (nSPS) is 12.6. The molecule has 0 aliphatic heterocycles. The van der Waals surface area contributed by atoms with Crippen LogP contribution in [0, 0.1) is 10.1 Å². The van der Waals surface area contributed by atoms with Crippen LogP contribution in [0.1, 0.15) is 35.3 Å². The van der Waals surface area contributed by atoms with Gasteiger partial charge in [0.1, 0.15) is 0 Å². The van der Waals surface area contributed by atoms with Gasteiger partial charge >= 0.3 is 5.97 Å². The summed E-state index contributed by atoms with van der Waals surface area (Å²) in [6.45, 7) is 2.90. The summed E-state index contributed by atoms with van der Waals surface area (Å²) in [4.78, 5) is 38.3. The van der Waals surface area contributed by atoms with Gasteiger partial charge in [-0.2, -0.15) is 0 Å². The van der Waals surface area contributed by atoms with Crippen molar-refractivity contribution in [1.29, 1.82) is 0 Å². The minimum Gasteiger partial charge on any atom is -0.318 e. The van der Waals surface area contributed by atoms with Crippen molar-refractivity contribution in [3.63, 3.8) is 0 Å². The Morgan fingerprint density at radius 2 is 1.67 bits per heavy atom. The van der Waals surface area contributed by atoms with Gasteiger partial charge in [0.05, 0.1) is 10.6 Å². The van der Waals surface area contributed by atoms with E-state index in [4.69, 9.17) is 0 Å². The summed E-state index contributed by atoms with van der Waals surface area (Å²) in [5.41, 5.74) is 3.10. The summed E-state index contributed by atoms with van der Waals surface area (Å²) in [6.07, 6.45) is 0. The van der Waals surface area contributed by atoms with Gasteiger partial charge in [-0.25, -0.2) is 4.79 Å². The fourth-order valence-electron chi connectivity index (χ4n) is 2.59. The van der Waals surface area contributed by atoms with Gasteiger partial charge in [0, 0.05) is 30.2 Å². The Labute approximate surface area is 136 Å². The Hall–Kier alpha value is -3.35. The number of rotatable bonds is 3. The minimum absolute atomic E-state index is 0.122. The van der Waals surface area contributed by atoms with Gasteiger partial charge in [0.2, 0.25) is 0 Å². The molecule has 0 unspecified atom stereocenters. The van der Waals surface area contributed by atoms with E-state index in [-0.39, 0.29) is 11.5 Å². The lowest BCUT2D eigenvalue weighted by Gasteiger charge is -2.04. The molecule has 0 saturated heterocycles. The number of hydrogen-bond donors (Lipinski definition) is 0. The third kappa shape index (κ3) is 2.56. The van der Waals surface area contributed by atoms with Crippen LogP contribution >= 0.6 is 0 Å². The first kappa shape index (κ1) is 15.5. The van der Waals surface area contributed by atoms with Crippen molar-refractivity contribution in [2.45, 2.75) is 13.8 Å². The third-order valence-electron chi connectivity index (χ3n) is 3.74. The molecule has 0 N–H and O–H groups in total. The predicted octanol–water partition coefficient (Wildman–Crippen LogP) is 3.09. The summed E-state index contributed by atoms with van der Waals surface area (Å²) in [6, 6.07) is 9.40. The third-order valence-corrected chi connectivity index (χ3v) is 3.74. The Morgan fingerprint density at radius 1 is 1.04 bits per heavy atom. The van der Waals surface area contributed by atoms with Crippen molar-refractivity contribution in [2.75, 3.05) is 0 Å². The highest BCUT2D eigenvalue weighted by atomic mass is 16.7. The molecule has 2 aromatic rings. The van der Waals surface area contributed by atoms with E-state index in [1.54, 1.807) is 31.2 Å². The molecule has 0 spiro atoms. The number of hydrogen-bond acceptors (Lipinski definition) is 6. The molecule has 24 heavy (non-hydrogen) atoms. The van der Waals surface area contributed by atoms with Crippen LogP contribution in [-0.4, -0.2) is 22.4 Å². The lowest BCUT2D eigenvalue weighted by Crippen LogP contribution is -2.02. The maximum Gasteiger partial charge on any atom is 0.331 e. The number of nitro groups is 1. The second-order valence-corrected chi connectivity index (χ2v) is 5.34. The lowest BCUT2D eigenvalue weighted by molar-refractivity contribution is -0.384. The van der Waals surface area contributed by atoms with Gasteiger partial charge < -0.3 is 4.84 Å². The molecule has 7 heteroatoms. The molecule has 0 fully saturated rings. The van der Waals surface area contributed by atoms with Crippen LogP contribution in [-0.2, 0) is 9.63 Å². The average Bonchev–Trinajstić information content (AvgIpc) is 2.84. The van der Waals surface area contributed by atoms with E-state index in [9.17, 15) is 19.7 Å². The van der Waals surface area contributed by atoms with E-state index in [1.165, 1.54) is 19.1 Å². The highest BCUT2D eigenvalue weighted by Gasteiger charge is 2.29. The van der Waals surface area contributed by atoms with Crippen LogP contribution in [0.25, 0.3) is 11.1 Å². The number of benzene rings is 2. The maximum absolute atomic E-state index is 12.6. The molecule has 0 bridgehead atoms. The number of nitrogens with zero attached hydrogens (tertiary/aromatic N) is 2. The largest absolute Gasteiger partial charge is 0.331 e. The van der Waals surface area contributed by atoms with Crippen LogP contribution in [0.5, 0.6) is 0 Å². The fraction of sp³-hybridized carbons (Fsp3) is 0.118. The standard InChI is InChI=1S/C17H12N2O5/c1-9(18-24-10(2)20)11-3-5-13-14-6-4-12(19(22)23)8-16(14)17(21)15(13)7-11/h3-8H,1-2H3. The number of nitro benzene ring substituents is 1. The van der Waals surface area contributed by atoms with Gasteiger partial charge in [-0.3, -0.25) is 14.9 Å². The Balaban J connectivity index is 2.04. The van der Waals surface area contributed by atoms with Crippen molar-refractivity contribution >= 4 is 23.2 Å². The maximum atomic E-state index is 12.6. The van der Waals surface area contributed by atoms with Crippen LogP contribution in [0.15, 0.2) is 41.6 Å². The number of non-ortho nitro benzene ring substituents is 1. The first-order valence-corrected chi connectivity index (χ1v) is 7.08. The molecular formula is C17H12N2O5. The van der Waals surface area contributed by atoms with E-state index in [2.05, 4.69) is 9.99 Å². The molecule has 0 saturated carbocycles. The van der Waals surface area contributed by atoms with Crippen LogP contribution in [0.4, 0.5) is 5.69 Å². The minimum atomic E-state index is -0.536. The molecule has 0 heterocycles. The first-order valence-electron chi connectivity index (χ1n) is 7.08. The van der Waals surface area contributed by atoms with E-state index in [1.807, 2.05) is 0 Å². The number of fused-ring (bicyclic) bond motifs is 3. The molecule has 0 radical (unpaired) electrons. The number of carbonyl (C=O) groups excluding carboxylic acids is 2. The second-order valence-electron chi connectivity index (χ2n) is 5.34. The zero-order valence-electron chi connectivity index (χ0n) is 12.9. The smallest absolute Gasteiger partial charge is 0.318 e. The van der Waals surface area contributed by atoms with Crippen molar-refractivity contribution in [3.05, 3.63) is 63.2 Å². The van der Waals surface area contributed by atoms with Crippen LogP contribution in [0.2, 0.25) is 0 Å². The average molecular weight is 324 g/mol. The van der Waals surface area contributed by atoms with Crippen molar-refractivity contribution in [2.24, 2.45) is 5.16 Å². The van der Waals surface area contributed by atoms with Crippen LogP contribution < -0.4 is 0 Å². The Kier molecular flexibility index (Phi) is 3.69. The highest BCUT2D eigenvalue weighted by Crippen LogP contribution is 2.38. The van der Waals surface area contributed by atoms with Crippen molar-refractivity contribution < 1.29 is 19.3 Å². The molecular weight excluding hydrogens is 312 g/mol. The van der Waals surface area contributed by atoms with Gasteiger partial charge in [0.15, 0.2) is 5.78 Å². The van der Waals surface area contributed by atoms with Gasteiger partial charge in [0.25, 0.3) is 5.69 Å². The lowest BCUT2D eigenvalue weighted by atomic mass is 10.0. The summed E-state index contributed by atoms with van der Waals surface area (Å²) < 4.78 is 0. The highest BCUT2D eigenvalue weighted by molar-refractivity contribution is 6.22. The molecule has 7 nitrogen and oxygen atoms in total. The van der Waals surface area contributed by atoms with E-state index in [0.717, 1.165) is 0 Å². The quantitative estimate of drug-likeness (QED) is 0.319. The van der Waals surface area contributed by atoms with E-state index in [0.29, 0.717) is 33.5 Å². The predicted molar refractivity (Wildman–Crippen MR) is 85.9 cm³/mol. The van der Waals surface area contributed by atoms with Gasteiger partial charge in [-0.1, -0.05) is 17.3 Å².